The summed E-state index contributed by atoms with van der Waals surface area (Å²) in [5.74, 6) is -0.722. The van der Waals surface area contributed by atoms with Crippen molar-refractivity contribution in [2.24, 2.45) is 0 Å². The summed E-state index contributed by atoms with van der Waals surface area (Å²) in [6.45, 7) is 2.91. The van der Waals surface area contributed by atoms with Crippen LogP contribution in [0, 0.1) is 0 Å². The molecule has 4 heteroatoms. The number of nitrogens with zero attached hydrogens (tertiary/aromatic N) is 1. The summed E-state index contributed by atoms with van der Waals surface area (Å²) in [5, 5.41) is 19.1. The molecule has 0 aliphatic carbocycles. The fourth-order valence-corrected chi connectivity index (χ4v) is 2.97. The number of aliphatic carboxylic acids is 1. The second-order valence-electron chi connectivity index (χ2n) is 5.13. The Morgan fingerprint density at radius 3 is 2.89 bits per heavy atom. The topological polar surface area (TPSA) is 60.8 Å². The number of carbonyl (C=O) groups is 1. The van der Waals surface area contributed by atoms with Gasteiger partial charge in [-0.3, -0.25) is 9.69 Å². The molecule has 0 saturated carbocycles. The van der Waals surface area contributed by atoms with E-state index >= 15 is 0 Å². The van der Waals surface area contributed by atoms with E-state index in [2.05, 4.69) is 11.8 Å². The highest BCUT2D eigenvalue weighted by molar-refractivity contribution is 5.75. The molecule has 0 amide bonds. The number of piperidine rings is 1. The van der Waals surface area contributed by atoms with E-state index in [0.717, 1.165) is 25.8 Å². The van der Waals surface area contributed by atoms with Gasteiger partial charge in [0.2, 0.25) is 0 Å². The lowest BCUT2D eigenvalue weighted by molar-refractivity contribution is -0.145. The molecule has 2 N–H and O–H groups in total. The van der Waals surface area contributed by atoms with Crippen molar-refractivity contribution in [2.75, 3.05) is 6.54 Å². The molecule has 2 atom stereocenters. The number of likely N-dealkylation sites (tertiary alicyclic amines) is 1. The predicted molar refractivity (Wildman–Crippen MR) is 73.1 cm³/mol. The van der Waals surface area contributed by atoms with E-state index in [0.29, 0.717) is 11.6 Å². The van der Waals surface area contributed by atoms with Crippen LogP contribution in [0.3, 0.4) is 0 Å². The van der Waals surface area contributed by atoms with Crippen LogP contribution in [0.25, 0.3) is 0 Å². The largest absolute Gasteiger partial charge is 0.508 e. The van der Waals surface area contributed by atoms with E-state index in [1.54, 1.807) is 24.3 Å². The maximum atomic E-state index is 11.6. The van der Waals surface area contributed by atoms with Crippen LogP contribution in [0.1, 0.15) is 44.2 Å². The molecule has 0 bridgehead atoms. The van der Waals surface area contributed by atoms with Gasteiger partial charge >= 0.3 is 5.97 Å². The summed E-state index contributed by atoms with van der Waals surface area (Å²) in [6, 6.07) is 6.26. The number of rotatable bonds is 4. The molecule has 1 aliphatic heterocycles. The van der Waals surface area contributed by atoms with Gasteiger partial charge in [-0.1, -0.05) is 25.5 Å². The van der Waals surface area contributed by atoms with E-state index in [9.17, 15) is 15.0 Å². The van der Waals surface area contributed by atoms with Gasteiger partial charge in [0.15, 0.2) is 0 Å². The number of phenolic OH excluding ortho intramolecular Hbond substituents is 1. The number of hydrogen-bond acceptors (Lipinski definition) is 3. The zero-order valence-electron chi connectivity index (χ0n) is 11.2. The van der Waals surface area contributed by atoms with Crippen molar-refractivity contribution < 1.29 is 15.0 Å². The van der Waals surface area contributed by atoms with Crippen LogP contribution < -0.4 is 0 Å². The number of carboxylic acid groups (broad SMARTS) is 1. The number of aromatic hydroxyl groups is 1. The van der Waals surface area contributed by atoms with Crippen molar-refractivity contribution in [2.45, 2.75) is 44.7 Å². The van der Waals surface area contributed by atoms with Crippen LogP contribution in [-0.4, -0.2) is 33.7 Å². The summed E-state index contributed by atoms with van der Waals surface area (Å²) in [5.41, 5.74) is 0.660. The van der Waals surface area contributed by atoms with Crippen LogP contribution in [-0.2, 0) is 4.79 Å². The lowest BCUT2D eigenvalue weighted by atomic mass is 9.95. The molecule has 1 saturated heterocycles. The number of benzene rings is 1. The second-order valence-corrected chi connectivity index (χ2v) is 5.13. The SMILES string of the molecule is CCC1CCCCN1C(C(=O)O)c1cccc(O)c1. The smallest absolute Gasteiger partial charge is 0.325 e. The third kappa shape index (κ3) is 3.07. The van der Waals surface area contributed by atoms with Crippen LogP contribution in [0.15, 0.2) is 24.3 Å². The minimum absolute atomic E-state index is 0.119. The Morgan fingerprint density at radius 2 is 2.26 bits per heavy atom. The monoisotopic (exact) mass is 263 g/mol. The summed E-state index contributed by atoms with van der Waals surface area (Å²) in [4.78, 5) is 13.7. The molecule has 1 heterocycles. The third-order valence-corrected chi connectivity index (χ3v) is 3.90. The Labute approximate surface area is 113 Å². The molecule has 0 spiro atoms. The van der Waals surface area contributed by atoms with Crippen molar-refractivity contribution in [1.29, 1.82) is 0 Å². The molecule has 1 fully saturated rings. The molecular weight excluding hydrogens is 242 g/mol. The lowest BCUT2D eigenvalue weighted by Crippen LogP contribution is -2.44. The Balaban J connectivity index is 2.31. The zero-order chi connectivity index (χ0) is 13.8. The molecule has 4 nitrogen and oxygen atoms in total. The molecule has 1 aromatic rings. The van der Waals surface area contributed by atoms with Crippen molar-refractivity contribution in [3.8, 4) is 5.75 Å². The van der Waals surface area contributed by atoms with E-state index < -0.39 is 12.0 Å². The van der Waals surface area contributed by atoms with E-state index in [1.807, 2.05) is 0 Å². The number of carboxylic acids is 1. The summed E-state index contributed by atoms with van der Waals surface area (Å²) in [6.07, 6.45) is 4.22. The number of hydrogen-bond donors (Lipinski definition) is 2. The van der Waals surface area contributed by atoms with E-state index in [1.165, 1.54) is 6.42 Å². The van der Waals surface area contributed by atoms with E-state index in [4.69, 9.17) is 0 Å². The maximum Gasteiger partial charge on any atom is 0.325 e. The van der Waals surface area contributed by atoms with Gasteiger partial charge in [0, 0.05) is 6.04 Å². The predicted octanol–water partition coefficient (Wildman–Crippen LogP) is 2.78. The summed E-state index contributed by atoms with van der Waals surface area (Å²) in [7, 11) is 0. The first-order valence-corrected chi connectivity index (χ1v) is 6.91. The summed E-state index contributed by atoms with van der Waals surface area (Å²) < 4.78 is 0. The van der Waals surface area contributed by atoms with Gasteiger partial charge in [-0.05, 0) is 43.5 Å². The average Bonchev–Trinajstić information content (AvgIpc) is 2.39. The van der Waals surface area contributed by atoms with Crippen molar-refractivity contribution in [3.63, 3.8) is 0 Å². The first kappa shape index (κ1) is 13.9. The van der Waals surface area contributed by atoms with Crippen molar-refractivity contribution in [3.05, 3.63) is 29.8 Å². The van der Waals surface area contributed by atoms with Crippen molar-refractivity contribution >= 4 is 5.97 Å². The molecule has 19 heavy (non-hydrogen) atoms. The summed E-state index contributed by atoms with van der Waals surface area (Å²) >= 11 is 0. The molecular formula is C15H21NO3. The van der Waals surface area contributed by atoms with Crippen LogP contribution in [0.5, 0.6) is 5.75 Å². The molecule has 104 valence electrons. The van der Waals surface area contributed by atoms with Crippen LogP contribution in [0.2, 0.25) is 0 Å². The highest BCUT2D eigenvalue weighted by Crippen LogP contribution is 2.31. The first-order valence-electron chi connectivity index (χ1n) is 6.91. The van der Waals surface area contributed by atoms with Gasteiger partial charge in [0.25, 0.3) is 0 Å². The van der Waals surface area contributed by atoms with E-state index in [-0.39, 0.29) is 5.75 Å². The Hall–Kier alpha value is -1.55. The fourth-order valence-electron chi connectivity index (χ4n) is 2.97. The molecule has 2 rings (SSSR count). The molecule has 1 aromatic carbocycles. The fraction of sp³-hybridized carbons (Fsp3) is 0.533. The van der Waals surface area contributed by atoms with Gasteiger partial charge in [0.05, 0.1) is 0 Å². The molecule has 2 unspecified atom stereocenters. The van der Waals surface area contributed by atoms with Crippen LogP contribution >= 0.6 is 0 Å². The first-order chi connectivity index (χ1) is 9.13. The second kappa shape index (κ2) is 6.06. The maximum absolute atomic E-state index is 11.6. The Kier molecular flexibility index (Phi) is 4.43. The quantitative estimate of drug-likeness (QED) is 0.877. The third-order valence-electron chi connectivity index (χ3n) is 3.90. The highest BCUT2D eigenvalue weighted by atomic mass is 16.4. The normalized spacial score (nSPS) is 22.1. The highest BCUT2D eigenvalue weighted by Gasteiger charge is 2.33. The Bertz CT molecular complexity index is 447. The standard InChI is InChI=1S/C15H21NO3/c1-2-12-7-3-4-9-16(12)14(15(18)19)11-6-5-8-13(17)10-11/h5-6,8,10,12,14,17H,2-4,7,9H2,1H3,(H,18,19). The molecule has 1 aliphatic rings. The van der Waals surface area contributed by atoms with Gasteiger partial charge in [0.1, 0.15) is 11.8 Å². The van der Waals surface area contributed by atoms with Crippen molar-refractivity contribution in [1.82, 2.24) is 4.90 Å². The molecule has 0 radical (unpaired) electrons. The average molecular weight is 263 g/mol. The van der Waals surface area contributed by atoms with Gasteiger partial charge in [-0.15, -0.1) is 0 Å². The number of phenols is 1. The molecule has 0 aromatic heterocycles. The van der Waals surface area contributed by atoms with Gasteiger partial charge in [-0.2, -0.15) is 0 Å². The van der Waals surface area contributed by atoms with Gasteiger partial charge in [-0.25, -0.2) is 0 Å². The minimum Gasteiger partial charge on any atom is -0.508 e. The zero-order valence-corrected chi connectivity index (χ0v) is 11.2. The van der Waals surface area contributed by atoms with Gasteiger partial charge < -0.3 is 10.2 Å². The minimum atomic E-state index is -0.842. The van der Waals surface area contributed by atoms with Crippen LogP contribution in [0.4, 0.5) is 0 Å². The lowest BCUT2D eigenvalue weighted by Gasteiger charge is -2.39. The Morgan fingerprint density at radius 1 is 1.47 bits per heavy atom.